The molecule has 38 heavy (non-hydrogen) atoms. The molecule has 1 aliphatic rings. The van der Waals surface area contributed by atoms with Gasteiger partial charge in [0.2, 0.25) is 5.91 Å². The van der Waals surface area contributed by atoms with Gasteiger partial charge in [-0.15, -0.1) is 0 Å². The Balaban J connectivity index is 1.51. The summed E-state index contributed by atoms with van der Waals surface area (Å²) in [5.41, 5.74) is 3.56. The minimum atomic E-state index is -0.557. The molecule has 6 nitrogen and oxygen atoms in total. The molecule has 1 heterocycles. The van der Waals surface area contributed by atoms with E-state index < -0.39 is 12.0 Å². The highest BCUT2D eigenvalue weighted by Crippen LogP contribution is 2.43. The summed E-state index contributed by atoms with van der Waals surface area (Å²) >= 11 is 0. The lowest BCUT2D eigenvalue weighted by molar-refractivity contribution is -0.152. The summed E-state index contributed by atoms with van der Waals surface area (Å²) in [4.78, 5) is 28.8. The van der Waals surface area contributed by atoms with Crippen molar-refractivity contribution in [3.63, 3.8) is 0 Å². The van der Waals surface area contributed by atoms with Crippen molar-refractivity contribution in [3.05, 3.63) is 102 Å². The number of piperidine rings is 1. The van der Waals surface area contributed by atoms with Crippen molar-refractivity contribution < 1.29 is 23.8 Å². The van der Waals surface area contributed by atoms with E-state index in [9.17, 15) is 9.59 Å². The standard InChI is InChI=1S/C32H31NO5/c1-21-11-14-25(15-12-21)33-30(34)18-16-27(31(33)23-13-17-28(36-2)29(19-23)37-3)32(35)38-20-24-9-6-8-22-7-4-5-10-26(22)24/h4-15,17,19,27,31H,16,18,20H2,1-3H3. The number of hydrogen-bond acceptors (Lipinski definition) is 5. The molecule has 0 bridgehead atoms. The maximum absolute atomic E-state index is 13.7. The molecule has 2 atom stereocenters. The van der Waals surface area contributed by atoms with Gasteiger partial charge < -0.3 is 19.1 Å². The van der Waals surface area contributed by atoms with E-state index in [4.69, 9.17) is 14.2 Å². The van der Waals surface area contributed by atoms with Gasteiger partial charge in [-0.2, -0.15) is 0 Å². The zero-order chi connectivity index (χ0) is 26.6. The van der Waals surface area contributed by atoms with E-state index in [2.05, 4.69) is 0 Å². The molecule has 0 N–H and O–H groups in total. The smallest absolute Gasteiger partial charge is 0.311 e. The van der Waals surface area contributed by atoms with Crippen LogP contribution >= 0.6 is 0 Å². The summed E-state index contributed by atoms with van der Waals surface area (Å²) in [5, 5.41) is 2.15. The third-order valence-corrected chi connectivity index (χ3v) is 7.21. The predicted octanol–water partition coefficient (Wildman–Crippen LogP) is 6.39. The largest absolute Gasteiger partial charge is 0.493 e. The van der Waals surface area contributed by atoms with E-state index >= 15 is 0 Å². The Morgan fingerprint density at radius 2 is 1.63 bits per heavy atom. The van der Waals surface area contributed by atoms with Crippen LogP contribution in [0.2, 0.25) is 0 Å². The molecular formula is C32H31NO5. The molecule has 4 aromatic rings. The first-order chi connectivity index (χ1) is 18.5. The van der Waals surface area contributed by atoms with E-state index in [-0.39, 0.29) is 24.9 Å². The number of fused-ring (bicyclic) bond motifs is 1. The molecule has 1 amide bonds. The first-order valence-corrected chi connectivity index (χ1v) is 12.7. The molecular weight excluding hydrogens is 478 g/mol. The van der Waals surface area contributed by atoms with Gasteiger partial charge in [-0.25, -0.2) is 0 Å². The predicted molar refractivity (Wildman–Crippen MR) is 147 cm³/mol. The topological polar surface area (TPSA) is 65.1 Å². The first kappa shape index (κ1) is 25.3. The van der Waals surface area contributed by atoms with Crippen LogP contribution in [0.5, 0.6) is 11.5 Å². The number of esters is 1. The van der Waals surface area contributed by atoms with E-state index in [1.807, 2.05) is 85.8 Å². The third kappa shape index (κ3) is 4.94. The molecule has 4 aromatic carbocycles. The number of rotatable bonds is 7. The number of carbonyl (C=O) groups excluding carboxylic acids is 2. The van der Waals surface area contributed by atoms with E-state index in [0.29, 0.717) is 17.9 Å². The van der Waals surface area contributed by atoms with Crippen molar-refractivity contribution in [1.82, 2.24) is 0 Å². The van der Waals surface area contributed by atoms with Crippen LogP contribution in [0.1, 0.15) is 35.6 Å². The Hall–Kier alpha value is -4.32. The molecule has 2 unspecified atom stereocenters. The maximum Gasteiger partial charge on any atom is 0.311 e. The molecule has 194 valence electrons. The number of anilines is 1. The Morgan fingerprint density at radius 3 is 2.39 bits per heavy atom. The lowest BCUT2D eigenvalue weighted by atomic mass is 9.83. The summed E-state index contributed by atoms with van der Waals surface area (Å²) in [6, 6.07) is 26.8. The minimum Gasteiger partial charge on any atom is -0.493 e. The Morgan fingerprint density at radius 1 is 0.895 bits per heavy atom. The zero-order valence-electron chi connectivity index (χ0n) is 21.8. The van der Waals surface area contributed by atoms with Crippen LogP contribution < -0.4 is 14.4 Å². The van der Waals surface area contributed by atoms with Gasteiger partial charge in [-0.3, -0.25) is 9.59 Å². The second-order valence-corrected chi connectivity index (χ2v) is 9.55. The highest BCUT2D eigenvalue weighted by Gasteiger charge is 2.42. The van der Waals surface area contributed by atoms with Gasteiger partial charge in [0.25, 0.3) is 0 Å². The number of carbonyl (C=O) groups is 2. The molecule has 0 saturated carbocycles. The van der Waals surface area contributed by atoms with Crippen LogP contribution in [0, 0.1) is 12.8 Å². The highest BCUT2D eigenvalue weighted by molar-refractivity contribution is 5.97. The molecule has 1 fully saturated rings. The maximum atomic E-state index is 13.7. The molecule has 0 spiro atoms. The average Bonchev–Trinajstić information content (AvgIpc) is 2.95. The van der Waals surface area contributed by atoms with Crippen molar-refractivity contribution >= 4 is 28.3 Å². The molecule has 1 aliphatic heterocycles. The molecule has 0 aromatic heterocycles. The van der Waals surface area contributed by atoms with E-state index in [0.717, 1.165) is 33.2 Å². The van der Waals surface area contributed by atoms with Gasteiger partial charge in [0.05, 0.1) is 26.2 Å². The van der Waals surface area contributed by atoms with Crippen LogP contribution in [0.3, 0.4) is 0 Å². The zero-order valence-corrected chi connectivity index (χ0v) is 21.8. The van der Waals surface area contributed by atoms with Gasteiger partial charge in [0.15, 0.2) is 11.5 Å². The van der Waals surface area contributed by atoms with Gasteiger partial charge in [0, 0.05) is 12.1 Å². The van der Waals surface area contributed by atoms with Crippen LogP contribution in [0.25, 0.3) is 10.8 Å². The van der Waals surface area contributed by atoms with Crippen LogP contribution in [-0.2, 0) is 20.9 Å². The number of benzene rings is 4. The lowest BCUT2D eigenvalue weighted by Gasteiger charge is -2.40. The summed E-state index contributed by atoms with van der Waals surface area (Å²) < 4.78 is 16.9. The molecule has 0 aliphatic carbocycles. The first-order valence-electron chi connectivity index (χ1n) is 12.7. The number of hydrogen-bond donors (Lipinski definition) is 0. The number of amides is 1. The Kier molecular flexibility index (Phi) is 7.31. The normalized spacial score (nSPS) is 17.3. The monoisotopic (exact) mass is 509 g/mol. The Bertz CT molecular complexity index is 1460. The quantitative estimate of drug-likeness (QED) is 0.270. The second kappa shape index (κ2) is 11.0. The third-order valence-electron chi connectivity index (χ3n) is 7.21. The molecule has 5 rings (SSSR count). The summed E-state index contributed by atoms with van der Waals surface area (Å²) in [5.74, 6) is 0.196. The van der Waals surface area contributed by atoms with Crippen LogP contribution in [-0.4, -0.2) is 26.1 Å². The van der Waals surface area contributed by atoms with Crippen molar-refractivity contribution in [1.29, 1.82) is 0 Å². The SMILES string of the molecule is COc1ccc(C2C(C(=O)OCc3cccc4ccccc34)CCC(=O)N2c2ccc(C)cc2)cc1OC. The fourth-order valence-electron chi connectivity index (χ4n) is 5.24. The molecule has 0 radical (unpaired) electrons. The average molecular weight is 510 g/mol. The molecule has 1 saturated heterocycles. The van der Waals surface area contributed by atoms with E-state index in [1.54, 1.807) is 25.2 Å². The van der Waals surface area contributed by atoms with Crippen molar-refractivity contribution in [2.75, 3.05) is 19.1 Å². The summed E-state index contributed by atoms with van der Waals surface area (Å²) in [6.07, 6.45) is 0.653. The van der Waals surface area contributed by atoms with Gasteiger partial charge in [-0.05, 0) is 59.5 Å². The van der Waals surface area contributed by atoms with Crippen molar-refractivity contribution in [3.8, 4) is 11.5 Å². The second-order valence-electron chi connectivity index (χ2n) is 9.55. The van der Waals surface area contributed by atoms with E-state index in [1.165, 1.54) is 0 Å². The Labute approximate surface area is 222 Å². The van der Waals surface area contributed by atoms with Crippen LogP contribution in [0.15, 0.2) is 84.9 Å². The lowest BCUT2D eigenvalue weighted by Crippen LogP contribution is -2.46. The number of nitrogens with zero attached hydrogens (tertiary/aromatic N) is 1. The number of methoxy groups -OCH3 is 2. The van der Waals surface area contributed by atoms with Gasteiger partial charge in [-0.1, -0.05) is 66.2 Å². The van der Waals surface area contributed by atoms with Crippen molar-refractivity contribution in [2.45, 2.75) is 32.4 Å². The highest BCUT2D eigenvalue weighted by atomic mass is 16.5. The minimum absolute atomic E-state index is 0.0354. The van der Waals surface area contributed by atoms with Gasteiger partial charge in [0.1, 0.15) is 6.61 Å². The number of aryl methyl sites for hydroxylation is 1. The van der Waals surface area contributed by atoms with Crippen LogP contribution in [0.4, 0.5) is 5.69 Å². The molecule has 6 heteroatoms. The fraction of sp³-hybridized carbons (Fsp3) is 0.250. The fourth-order valence-corrected chi connectivity index (χ4v) is 5.24. The summed E-state index contributed by atoms with van der Waals surface area (Å²) in [6.45, 7) is 2.16. The number of ether oxygens (including phenoxy) is 3. The summed E-state index contributed by atoms with van der Waals surface area (Å²) in [7, 11) is 3.15. The van der Waals surface area contributed by atoms with Gasteiger partial charge >= 0.3 is 5.97 Å². The van der Waals surface area contributed by atoms with Crippen molar-refractivity contribution in [2.24, 2.45) is 5.92 Å².